The Bertz CT molecular complexity index is 502. The van der Waals surface area contributed by atoms with Crippen molar-refractivity contribution >= 4 is 0 Å². The lowest BCUT2D eigenvalue weighted by atomic mass is 9.65. The fourth-order valence-electron chi connectivity index (χ4n) is 3.38. The molecule has 0 amide bonds. The third-order valence-corrected chi connectivity index (χ3v) is 4.83. The molecule has 0 radical (unpaired) electrons. The van der Waals surface area contributed by atoms with E-state index in [0.717, 1.165) is 12.8 Å². The molecule has 0 heteroatoms. The van der Waals surface area contributed by atoms with Gasteiger partial charge in [-0.3, -0.25) is 0 Å². The van der Waals surface area contributed by atoms with E-state index in [1.165, 1.54) is 48.8 Å². The first-order chi connectivity index (χ1) is 10.1. The second kappa shape index (κ2) is 7.45. The Kier molecular flexibility index (Phi) is 5.61. The molecule has 0 bridgehead atoms. The maximum atomic E-state index is 4.40. The zero-order valence-electron chi connectivity index (χ0n) is 13.4. The average molecular weight is 280 g/mol. The summed E-state index contributed by atoms with van der Waals surface area (Å²) in [5.74, 6) is 0. The molecular formula is C21H28. The van der Waals surface area contributed by atoms with Crippen LogP contribution < -0.4 is 0 Å². The van der Waals surface area contributed by atoms with Crippen LogP contribution in [0.1, 0.15) is 51.9 Å². The van der Waals surface area contributed by atoms with Crippen molar-refractivity contribution in [2.24, 2.45) is 5.41 Å². The standard InChI is InChI=1S/C21H28/c1-18-12-8-5-4-6-9-13-19(2)21(20(3)15-14-18)16-10-7-11-17-21/h4,6,9,12-15H,2-3,5,7-8,10-11,16-17H2,1H3/b6-4-,13-9-,15-14-,18-12-. The highest BCUT2D eigenvalue weighted by molar-refractivity contribution is 5.41. The van der Waals surface area contributed by atoms with Crippen LogP contribution in [-0.2, 0) is 0 Å². The third-order valence-electron chi connectivity index (χ3n) is 4.83. The van der Waals surface area contributed by atoms with E-state index in [1.54, 1.807) is 0 Å². The summed E-state index contributed by atoms with van der Waals surface area (Å²) in [4.78, 5) is 0. The largest absolute Gasteiger partial charge is 0.0949 e. The summed E-state index contributed by atoms with van der Waals surface area (Å²) in [6.45, 7) is 11.0. The van der Waals surface area contributed by atoms with E-state index in [0.29, 0.717) is 0 Å². The van der Waals surface area contributed by atoms with Gasteiger partial charge in [-0.25, -0.2) is 0 Å². The highest BCUT2D eigenvalue weighted by atomic mass is 14.4. The molecule has 0 saturated heterocycles. The van der Waals surface area contributed by atoms with Crippen molar-refractivity contribution in [2.45, 2.75) is 51.9 Å². The van der Waals surface area contributed by atoms with Gasteiger partial charge >= 0.3 is 0 Å². The second-order valence-electron chi connectivity index (χ2n) is 6.34. The Balaban J connectivity index is 2.35. The highest BCUT2D eigenvalue weighted by Crippen LogP contribution is 2.48. The minimum atomic E-state index is 0.0768. The molecule has 0 heterocycles. The van der Waals surface area contributed by atoms with E-state index >= 15 is 0 Å². The molecule has 2 rings (SSSR count). The van der Waals surface area contributed by atoms with E-state index in [9.17, 15) is 0 Å². The molecule has 2 aliphatic carbocycles. The van der Waals surface area contributed by atoms with Crippen LogP contribution in [0.4, 0.5) is 0 Å². The van der Waals surface area contributed by atoms with Gasteiger partial charge in [-0.05, 0) is 43.8 Å². The van der Waals surface area contributed by atoms with Crippen LogP contribution in [-0.4, -0.2) is 0 Å². The van der Waals surface area contributed by atoms with Gasteiger partial charge < -0.3 is 0 Å². The zero-order valence-corrected chi connectivity index (χ0v) is 13.4. The maximum absolute atomic E-state index is 4.40. The second-order valence-corrected chi connectivity index (χ2v) is 6.34. The SMILES string of the molecule is C=C1/C=C\C=C/CC/C=C(C)\C=C/C(=C)C12CCCCC2. The lowest BCUT2D eigenvalue weighted by Crippen LogP contribution is -2.27. The molecule has 21 heavy (non-hydrogen) atoms. The van der Waals surface area contributed by atoms with Gasteiger partial charge in [0.2, 0.25) is 0 Å². The third kappa shape index (κ3) is 3.97. The maximum Gasteiger partial charge on any atom is 0.0191 e. The Morgan fingerprint density at radius 1 is 0.857 bits per heavy atom. The van der Waals surface area contributed by atoms with Crippen molar-refractivity contribution in [2.75, 3.05) is 0 Å². The lowest BCUT2D eigenvalue weighted by Gasteiger charge is -2.39. The molecule has 0 aromatic heterocycles. The topological polar surface area (TPSA) is 0 Å². The average Bonchev–Trinajstić information content (AvgIpc) is 2.52. The predicted octanol–water partition coefficient (Wildman–Crippen LogP) is 6.46. The first kappa shape index (κ1) is 15.8. The lowest BCUT2D eigenvalue weighted by molar-refractivity contribution is 0.302. The quantitative estimate of drug-likeness (QED) is 0.478. The zero-order chi connectivity index (χ0) is 15.1. The van der Waals surface area contributed by atoms with Crippen molar-refractivity contribution in [3.8, 4) is 0 Å². The predicted molar refractivity (Wildman–Crippen MR) is 94.2 cm³/mol. The fourth-order valence-corrected chi connectivity index (χ4v) is 3.38. The van der Waals surface area contributed by atoms with Crippen LogP contribution in [0.5, 0.6) is 0 Å². The van der Waals surface area contributed by atoms with Gasteiger partial charge in [0.1, 0.15) is 0 Å². The molecule has 0 N–H and O–H groups in total. The van der Waals surface area contributed by atoms with Crippen LogP contribution >= 0.6 is 0 Å². The van der Waals surface area contributed by atoms with Crippen LogP contribution in [0.15, 0.2) is 72.4 Å². The molecule has 0 nitrogen and oxygen atoms in total. The highest BCUT2D eigenvalue weighted by Gasteiger charge is 2.35. The van der Waals surface area contributed by atoms with E-state index in [-0.39, 0.29) is 5.41 Å². The Labute approximate surface area is 130 Å². The molecule has 0 aromatic carbocycles. The Hall–Kier alpha value is -1.56. The van der Waals surface area contributed by atoms with E-state index in [1.807, 2.05) is 0 Å². The molecule has 1 fully saturated rings. The summed E-state index contributed by atoms with van der Waals surface area (Å²) in [6.07, 6.45) is 23.9. The fraction of sp³-hybridized carbons (Fsp3) is 0.429. The first-order valence-corrected chi connectivity index (χ1v) is 8.22. The van der Waals surface area contributed by atoms with Crippen molar-refractivity contribution in [1.82, 2.24) is 0 Å². The van der Waals surface area contributed by atoms with Gasteiger partial charge in [0.05, 0.1) is 0 Å². The molecular weight excluding hydrogens is 252 g/mol. The summed E-state index contributed by atoms with van der Waals surface area (Å²) >= 11 is 0. The Morgan fingerprint density at radius 2 is 1.57 bits per heavy atom. The van der Waals surface area contributed by atoms with Crippen molar-refractivity contribution in [3.05, 3.63) is 72.4 Å². The van der Waals surface area contributed by atoms with Gasteiger partial charge in [-0.15, -0.1) is 0 Å². The summed E-state index contributed by atoms with van der Waals surface area (Å²) in [7, 11) is 0. The minimum Gasteiger partial charge on any atom is -0.0949 e. The summed E-state index contributed by atoms with van der Waals surface area (Å²) in [5.41, 5.74) is 3.86. The molecule has 0 aliphatic heterocycles. The number of hydrogen-bond acceptors (Lipinski definition) is 0. The molecule has 0 aromatic rings. The van der Waals surface area contributed by atoms with Crippen molar-refractivity contribution < 1.29 is 0 Å². The van der Waals surface area contributed by atoms with Gasteiger partial charge in [-0.1, -0.05) is 80.5 Å². The van der Waals surface area contributed by atoms with Crippen molar-refractivity contribution in [1.29, 1.82) is 0 Å². The van der Waals surface area contributed by atoms with E-state index in [2.05, 4.69) is 62.6 Å². The molecule has 0 unspecified atom stereocenters. The van der Waals surface area contributed by atoms with Crippen LogP contribution in [0.25, 0.3) is 0 Å². The summed E-state index contributed by atoms with van der Waals surface area (Å²) in [6, 6.07) is 0. The van der Waals surface area contributed by atoms with E-state index in [4.69, 9.17) is 0 Å². The normalized spacial score (nSPS) is 30.4. The number of hydrogen-bond donors (Lipinski definition) is 0. The Morgan fingerprint density at radius 3 is 2.33 bits per heavy atom. The first-order valence-electron chi connectivity index (χ1n) is 8.22. The molecule has 2 aliphatic rings. The summed E-state index contributed by atoms with van der Waals surface area (Å²) in [5, 5.41) is 0. The van der Waals surface area contributed by atoms with Crippen molar-refractivity contribution in [3.63, 3.8) is 0 Å². The molecule has 0 atom stereocenters. The number of rotatable bonds is 0. The van der Waals surface area contributed by atoms with Crippen LogP contribution in [0, 0.1) is 5.41 Å². The van der Waals surface area contributed by atoms with Crippen LogP contribution in [0.3, 0.4) is 0 Å². The molecule has 1 spiro atoms. The monoisotopic (exact) mass is 280 g/mol. The van der Waals surface area contributed by atoms with Gasteiger partial charge in [-0.2, -0.15) is 0 Å². The molecule has 1 saturated carbocycles. The van der Waals surface area contributed by atoms with Crippen LogP contribution in [0.2, 0.25) is 0 Å². The van der Waals surface area contributed by atoms with Gasteiger partial charge in [0.15, 0.2) is 0 Å². The summed E-state index contributed by atoms with van der Waals surface area (Å²) < 4.78 is 0. The van der Waals surface area contributed by atoms with Gasteiger partial charge in [0.25, 0.3) is 0 Å². The van der Waals surface area contributed by atoms with E-state index < -0.39 is 0 Å². The molecule has 112 valence electrons. The number of allylic oxidation sites excluding steroid dienone is 10. The minimum absolute atomic E-state index is 0.0768. The van der Waals surface area contributed by atoms with Gasteiger partial charge in [0, 0.05) is 5.41 Å². The smallest absolute Gasteiger partial charge is 0.0191 e.